The van der Waals surface area contributed by atoms with Crippen LogP contribution in [0.1, 0.15) is 55.7 Å². The second kappa shape index (κ2) is 20.2. The Balaban J connectivity index is 1.30. The topological polar surface area (TPSA) is 331 Å². The number of H-pyrrole nitrogens is 1. The minimum atomic E-state index is -1.90. The van der Waals surface area contributed by atoms with E-state index in [1.165, 1.54) is 9.80 Å². The number of nitrogens with one attached hydrogen (secondary N) is 2. The van der Waals surface area contributed by atoms with Gasteiger partial charge in [-0.1, -0.05) is 0 Å². The van der Waals surface area contributed by atoms with E-state index in [4.69, 9.17) is 5.73 Å². The summed E-state index contributed by atoms with van der Waals surface area (Å²) in [6.07, 6.45) is -10.4. The molecule has 21 heteroatoms. The van der Waals surface area contributed by atoms with Crippen molar-refractivity contribution < 1.29 is 65.2 Å². The van der Waals surface area contributed by atoms with E-state index in [0.29, 0.717) is 61.9 Å². The van der Waals surface area contributed by atoms with Crippen molar-refractivity contribution >= 4 is 46.2 Å². The summed E-state index contributed by atoms with van der Waals surface area (Å²) in [5, 5.41) is 104. The monoisotopic (exact) mass is 832 g/mol. The summed E-state index contributed by atoms with van der Waals surface area (Å²) in [6.45, 7) is 2.66. The zero-order valence-corrected chi connectivity index (χ0v) is 33.1. The van der Waals surface area contributed by atoms with Gasteiger partial charge in [0.2, 0.25) is 6.41 Å². The van der Waals surface area contributed by atoms with E-state index >= 15 is 0 Å². The van der Waals surface area contributed by atoms with E-state index < -0.39 is 68.1 Å². The lowest BCUT2D eigenvalue weighted by atomic mass is 9.89. The number of aliphatic hydroxyl groups excluding tert-OH is 10. The van der Waals surface area contributed by atoms with Crippen LogP contribution in [0.4, 0.5) is 11.6 Å². The van der Waals surface area contributed by atoms with Gasteiger partial charge in [0.15, 0.2) is 28.3 Å². The van der Waals surface area contributed by atoms with Crippen LogP contribution in [0.15, 0.2) is 30.5 Å². The number of amides is 2. The highest BCUT2D eigenvalue weighted by Gasteiger charge is 2.37. The third-order valence-electron chi connectivity index (χ3n) is 11.2. The maximum atomic E-state index is 13.7. The highest BCUT2D eigenvalue weighted by molar-refractivity contribution is 5.97. The van der Waals surface area contributed by atoms with Crippen molar-refractivity contribution in [1.82, 2.24) is 29.7 Å². The van der Waals surface area contributed by atoms with Gasteiger partial charge in [-0.3, -0.25) is 19.4 Å². The summed E-state index contributed by atoms with van der Waals surface area (Å²) < 4.78 is 4.08. The average Bonchev–Trinajstić information content (AvgIpc) is 3.83. The number of aryl methyl sites for hydroxylation is 2. The van der Waals surface area contributed by atoms with Crippen LogP contribution in [0.5, 0.6) is 0 Å². The van der Waals surface area contributed by atoms with Crippen LogP contribution in [-0.2, 0) is 24.4 Å². The summed E-state index contributed by atoms with van der Waals surface area (Å²) in [4.78, 5) is 40.9. The van der Waals surface area contributed by atoms with Gasteiger partial charge in [-0.2, -0.15) is 0 Å². The first-order valence-electron chi connectivity index (χ1n) is 19.8. The van der Waals surface area contributed by atoms with E-state index in [1.807, 2.05) is 24.5 Å². The second-order valence-electron chi connectivity index (χ2n) is 15.0. The molecular formula is C38H58N9O12+. The third kappa shape index (κ3) is 10.2. The number of aromatic nitrogens is 5. The SMILES string of the molecule is CCn1c(CN(C=O)c2nc3cc[nH]c3nc2N)[n+](CC)c2ccc(C(=O)NC3CCC(N(C[C@H](O)[C@@H](O)[C@H](O)[C@H](O)CO)C[C@H](O)[C@@H](O)[C@H](O)[C@H](O)CO)CC3)cc21. The van der Waals surface area contributed by atoms with Crippen LogP contribution in [0.25, 0.3) is 22.2 Å². The van der Waals surface area contributed by atoms with Gasteiger partial charge >= 0.3 is 0 Å². The lowest BCUT2D eigenvalue weighted by Crippen LogP contribution is -2.56. The Hall–Kier alpha value is -4.39. The molecule has 326 valence electrons. The lowest BCUT2D eigenvalue weighted by molar-refractivity contribution is -0.676. The number of carbonyl (C=O) groups is 2. The minimum Gasteiger partial charge on any atom is -0.394 e. The summed E-state index contributed by atoms with van der Waals surface area (Å²) in [5.41, 5.74) is 9.30. The molecule has 0 saturated heterocycles. The van der Waals surface area contributed by atoms with Crippen molar-refractivity contribution in [2.24, 2.45) is 0 Å². The number of hydrogen-bond donors (Lipinski definition) is 13. The van der Waals surface area contributed by atoms with Crippen LogP contribution < -0.4 is 20.5 Å². The number of nitrogen functional groups attached to an aromatic ring is 1. The van der Waals surface area contributed by atoms with E-state index in [2.05, 4.69) is 24.8 Å². The van der Waals surface area contributed by atoms with Crippen molar-refractivity contribution in [2.45, 2.75) is 120 Å². The summed E-state index contributed by atoms with van der Waals surface area (Å²) >= 11 is 0. The molecule has 1 saturated carbocycles. The van der Waals surface area contributed by atoms with Crippen LogP contribution in [0.3, 0.4) is 0 Å². The molecule has 0 bridgehead atoms. The number of fused-ring (bicyclic) bond motifs is 2. The molecule has 0 spiro atoms. The van der Waals surface area contributed by atoms with E-state index in [1.54, 1.807) is 24.4 Å². The fourth-order valence-corrected chi connectivity index (χ4v) is 7.86. The van der Waals surface area contributed by atoms with Crippen LogP contribution in [-0.4, -0.2) is 175 Å². The van der Waals surface area contributed by atoms with Crippen LogP contribution in [0.2, 0.25) is 0 Å². The van der Waals surface area contributed by atoms with Gasteiger partial charge in [0.25, 0.3) is 11.7 Å². The second-order valence-corrected chi connectivity index (χ2v) is 15.0. The van der Waals surface area contributed by atoms with Gasteiger partial charge < -0.3 is 67.1 Å². The van der Waals surface area contributed by atoms with Gasteiger partial charge in [-0.05, 0) is 57.7 Å². The number of aliphatic hydroxyl groups is 10. The minimum absolute atomic E-state index is 0.0902. The van der Waals surface area contributed by atoms with E-state index in [0.717, 1.165) is 16.9 Å². The predicted molar refractivity (Wildman–Crippen MR) is 211 cm³/mol. The number of imidazole rings is 1. The molecule has 0 aliphatic heterocycles. The molecule has 4 aromatic rings. The van der Waals surface area contributed by atoms with Gasteiger partial charge in [0.1, 0.15) is 48.7 Å². The van der Waals surface area contributed by atoms with Crippen molar-refractivity contribution in [1.29, 1.82) is 0 Å². The highest BCUT2D eigenvalue weighted by Crippen LogP contribution is 2.27. The summed E-state index contributed by atoms with van der Waals surface area (Å²) in [5.74, 6) is 0.771. The predicted octanol–water partition coefficient (Wildman–Crippen LogP) is -3.80. The van der Waals surface area contributed by atoms with Crippen LogP contribution >= 0.6 is 0 Å². The fraction of sp³-hybridized carbons (Fsp3) is 0.605. The molecule has 3 heterocycles. The molecular weight excluding hydrogens is 774 g/mol. The number of aromatic amines is 1. The number of nitrogens with two attached hydrogens (primary N) is 1. The van der Waals surface area contributed by atoms with E-state index in [-0.39, 0.29) is 43.2 Å². The van der Waals surface area contributed by atoms with Gasteiger partial charge in [-0.15, -0.1) is 0 Å². The van der Waals surface area contributed by atoms with Gasteiger partial charge in [0, 0.05) is 43.0 Å². The maximum absolute atomic E-state index is 13.7. The van der Waals surface area contributed by atoms with Gasteiger partial charge in [0.05, 0.1) is 38.5 Å². The van der Waals surface area contributed by atoms with Crippen molar-refractivity contribution in [3.8, 4) is 0 Å². The molecule has 1 aliphatic rings. The average molecular weight is 833 g/mol. The first-order valence-corrected chi connectivity index (χ1v) is 19.8. The quantitative estimate of drug-likeness (QED) is 0.0283. The standard InChI is InChI=1S/C38H57N9O12/c1-3-46-24-10-5-20(13-25(24)47(4-2)30(46)16-45(19-50)37-35(39)43-36-23(42-37)11-12-40-36)38(59)41-21-6-8-22(9-7-21)44(14-26(51)31(55)33(57)28(53)17-48)15-27(52)32(56)34(58)29(54)18-49/h5,10-13,19,21-22,26-29,31-34,48-49,51-58H,3-4,6-9,14-18H2,1-2H3,(H3-,39,40,41,42,43,59)/p+1/t21?,22?,26-,27-,28+,29+,31+,32+,33+,34+/m0/s1. The largest absolute Gasteiger partial charge is 0.394 e. The first-order chi connectivity index (χ1) is 28.2. The number of anilines is 2. The molecule has 1 fully saturated rings. The molecule has 2 amide bonds. The Kier molecular flexibility index (Phi) is 15.7. The number of nitrogens with zero attached hydrogens (tertiary/aromatic N) is 6. The normalized spacial score (nSPS) is 20.2. The fourth-order valence-electron chi connectivity index (χ4n) is 7.86. The Morgan fingerprint density at radius 3 is 2.05 bits per heavy atom. The Labute approximate surface area is 339 Å². The Morgan fingerprint density at radius 1 is 0.915 bits per heavy atom. The lowest BCUT2D eigenvalue weighted by Gasteiger charge is -2.40. The summed E-state index contributed by atoms with van der Waals surface area (Å²) in [7, 11) is 0. The first kappa shape index (κ1) is 45.7. The van der Waals surface area contributed by atoms with E-state index in [9.17, 15) is 60.7 Å². The molecule has 14 N–H and O–H groups in total. The molecule has 1 aliphatic carbocycles. The van der Waals surface area contributed by atoms with Crippen molar-refractivity contribution in [2.75, 3.05) is 36.9 Å². The molecule has 8 atom stereocenters. The van der Waals surface area contributed by atoms with Crippen molar-refractivity contribution in [3.05, 3.63) is 41.9 Å². The molecule has 3 aromatic heterocycles. The zero-order chi connectivity index (χ0) is 43.1. The number of carbonyl (C=O) groups excluding carboxylic acids is 2. The maximum Gasteiger partial charge on any atom is 0.277 e. The molecule has 59 heavy (non-hydrogen) atoms. The number of rotatable bonds is 21. The molecule has 0 radical (unpaired) electrons. The van der Waals surface area contributed by atoms with Gasteiger partial charge in [-0.25, -0.2) is 19.1 Å². The zero-order valence-electron chi connectivity index (χ0n) is 33.1. The molecule has 1 aromatic carbocycles. The summed E-state index contributed by atoms with van der Waals surface area (Å²) in [6, 6.07) is 6.45. The third-order valence-corrected chi connectivity index (χ3v) is 11.2. The van der Waals surface area contributed by atoms with Crippen LogP contribution in [0, 0.1) is 0 Å². The highest BCUT2D eigenvalue weighted by atomic mass is 16.4. The number of benzene rings is 1. The smallest absolute Gasteiger partial charge is 0.277 e. The van der Waals surface area contributed by atoms with Crippen molar-refractivity contribution in [3.63, 3.8) is 0 Å². The molecule has 21 nitrogen and oxygen atoms in total. The molecule has 0 unspecified atom stereocenters. The number of hydrogen-bond acceptors (Lipinski definition) is 16. The molecule has 5 rings (SSSR count). The Morgan fingerprint density at radius 2 is 1.51 bits per heavy atom. The Bertz CT molecular complexity index is 1980.